The van der Waals surface area contributed by atoms with Crippen molar-refractivity contribution in [1.82, 2.24) is 10.2 Å². The minimum atomic E-state index is 0.467. The van der Waals surface area contributed by atoms with Gasteiger partial charge in [-0.3, -0.25) is 4.90 Å². The minimum absolute atomic E-state index is 0.467. The lowest BCUT2D eigenvalue weighted by Gasteiger charge is -2.31. The molecule has 2 fully saturated rings. The van der Waals surface area contributed by atoms with Gasteiger partial charge in [-0.15, -0.1) is 0 Å². The molecule has 18 heavy (non-hydrogen) atoms. The summed E-state index contributed by atoms with van der Waals surface area (Å²) in [6.07, 6.45) is 8.66. The predicted molar refractivity (Wildman–Crippen MR) is 78.9 cm³/mol. The lowest BCUT2D eigenvalue weighted by molar-refractivity contribution is 0.182. The van der Waals surface area contributed by atoms with E-state index in [4.69, 9.17) is 0 Å². The van der Waals surface area contributed by atoms with E-state index in [-0.39, 0.29) is 0 Å². The van der Waals surface area contributed by atoms with Gasteiger partial charge in [-0.05, 0) is 50.1 Å². The molecule has 0 spiro atoms. The Labute approximate surface area is 114 Å². The Morgan fingerprint density at radius 2 is 1.83 bits per heavy atom. The van der Waals surface area contributed by atoms with Crippen LogP contribution in [0, 0.1) is 11.3 Å². The van der Waals surface area contributed by atoms with E-state index in [1.807, 2.05) is 0 Å². The molecule has 0 aromatic heterocycles. The quantitative estimate of drug-likeness (QED) is 0.755. The maximum Gasteiger partial charge on any atom is 0.0124 e. The highest BCUT2D eigenvalue weighted by atomic mass is 15.2. The molecule has 0 radical (unpaired) electrons. The second-order valence-corrected chi connectivity index (χ2v) is 7.50. The zero-order valence-electron chi connectivity index (χ0n) is 12.7. The number of hydrogen-bond donors (Lipinski definition) is 1. The zero-order valence-corrected chi connectivity index (χ0v) is 12.7. The Hall–Kier alpha value is -0.0800. The largest absolute Gasteiger partial charge is 0.315 e. The Kier molecular flexibility index (Phi) is 5.08. The topological polar surface area (TPSA) is 15.3 Å². The fraction of sp³-hybridized carbons (Fsp3) is 1.00. The van der Waals surface area contributed by atoms with Crippen LogP contribution in [0.5, 0.6) is 0 Å². The fourth-order valence-electron chi connectivity index (χ4n) is 3.59. The van der Waals surface area contributed by atoms with Crippen molar-refractivity contribution in [3.63, 3.8) is 0 Å². The standard InChI is InChI=1S/C16H32N2/c1-16(2,3)9-10-17-11-13-18-12-8-14-6-4-5-7-15(14)18/h14-15,17H,4-13H2,1-3H3. The SMILES string of the molecule is CC(C)(C)CCNCCN1CCC2CCCCC21. The molecule has 2 unspecified atom stereocenters. The van der Waals surface area contributed by atoms with Crippen molar-refractivity contribution >= 4 is 0 Å². The molecule has 1 aliphatic carbocycles. The number of likely N-dealkylation sites (tertiary alicyclic amines) is 1. The van der Waals surface area contributed by atoms with Crippen LogP contribution in [0.3, 0.4) is 0 Å². The van der Waals surface area contributed by atoms with Crippen molar-refractivity contribution in [1.29, 1.82) is 0 Å². The molecular weight excluding hydrogens is 220 g/mol. The normalized spacial score (nSPS) is 29.5. The van der Waals surface area contributed by atoms with Crippen LogP contribution in [0.15, 0.2) is 0 Å². The number of nitrogens with one attached hydrogen (secondary N) is 1. The summed E-state index contributed by atoms with van der Waals surface area (Å²) in [5.41, 5.74) is 0.467. The zero-order chi connectivity index (χ0) is 13.0. The lowest BCUT2D eigenvalue weighted by atomic mass is 9.85. The molecular formula is C16H32N2. The molecule has 1 saturated heterocycles. The third-order valence-corrected chi connectivity index (χ3v) is 4.75. The number of hydrogen-bond acceptors (Lipinski definition) is 2. The molecule has 2 rings (SSSR count). The molecule has 2 atom stereocenters. The minimum Gasteiger partial charge on any atom is -0.315 e. The van der Waals surface area contributed by atoms with Crippen molar-refractivity contribution < 1.29 is 0 Å². The summed E-state index contributed by atoms with van der Waals surface area (Å²) in [6, 6.07) is 0.933. The highest BCUT2D eigenvalue weighted by molar-refractivity contribution is 4.89. The molecule has 1 heterocycles. The van der Waals surface area contributed by atoms with Crippen LogP contribution in [-0.4, -0.2) is 37.1 Å². The van der Waals surface area contributed by atoms with E-state index < -0.39 is 0 Å². The molecule has 106 valence electrons. The average Bonchev–Trinajstić information content (AvgIpc) is 2.71. The van der Waals surface area contributed by atoms with Crippen molar-refractivity contribution in [3.8, 4) is 0 Å². The van der Waals surface area contributed by atoms with E-state index in [1.54, 1.807) is 0 Å². The highest BCUT2D eigenvalue weighted by Crippen LogP contribution is 2.35. The van der Waals surface area contributed by atoms with Gasteiger partial charge in [-0.25, -0.2) is 0 Å². The Bertz CT molecular complexity index is 244. The van der Waals surface area contributed by atoms with E-state index in [0.717, 1.165) is 12.0 Å². The number of nitrogens with zero attached hydrogens (tertiary/aromatic N) is 1. The summed E-state index contributed by atoms with van der Waals surface area (Å²) < 4.78 is 0. The van der Waals surface area contributed by atoms with Crippen LogP contribution in [0.4, 0.5) is 0 Å². The van der Waals surface area contributed by atoms with Gasteiger partial charge in [-0.2, -0.15) is 0 Å². The first-order valence-corrected chi connectivity index (χ1v) is 8.01. The molecule has 0 amide bonds. The number of fused-ring (bicyclic) bond motifs is 1. The van der Waals surface area contributed by atoms with Crippen molar-refractivity contribution in [3.05, 3.63) is 0 Å². The third kappa shape index (κ3) is 4.24. The van der Waals surface area contributed by atoms with Crippen molar-refractivity contribution in [2.45, 2.75) is 65.3 Å². The van der Waals surface area contributed by atoms with Gasteiger partial charge in [0.25, 0.3) is 0 Å². The Balaban J connectivity index is 1.59. The summed E-state index contributed by atoms with van der Waals surface area (Å²) in [5, 5.41) is 3.62. The number of rotatable bonds is 5. The van der Waals surface area contributed by atoms with Gasteiger partial charge in [0, 0.05) is 19.1 Å². The molecule has 2 heteroatoms. The predicted octanol–water partition coefficient (Wildman–Crippen LogP) is 3.28. The van der Waals surface area contributed by atoms with E-state index >= 15 is 0 Å². The van der Waals surface area contributed by atoms with E-state index in [1.165, 1.54) is 64.7 Å². The van der Waals surface area contributed by atoms with E-state index in [2.05, 4.69) is 31.0 Å². The van der Waals surface area contributed by atoms with Gasteiger partial charge in [-0.1, -0.05) is 33.6 Å². The Morgan fingerprint density at radius 1 is 1.06 bits per heavy atom. The maximum absolute atomic E-state index is 3.62. The fourth-order valence-corrected chi connectivity index (χ4v) is 3.59. The van der Waals surface area contributed by atoms with Gasteiger partial charge in [0.15, 0.2) is 0 Å². The van der Waals surface area contributed by atoms with Crippen molar-refractivity contribution in [2.75, 3.05) is 26.2 Å². The van der Waals surface area contributed by atoms with Gasteiger partial charge >= 0.3 is 0 Å². The molecule has 2 nitrogen and oxygen atoms in total. The van der Waals surface area contributed by atoms with Crippen LogP contribution in [0.25, 0.3) is 0 Å². The van der Waals surface area contributed by atoms with Crippen LogP contribution in [0.2, 0.25) is 0 Å². The Morgan fingerprint density at radius 3 is 2.61 bits per heavy atom. The summed E-state index contributed by atoms with van der Waals surface area (Å²) >= 11 is 0. The maximum atomic E-state index is 3.62. The molecule has 1 aliphatic heterocycles. The monoisotopic (exact) mass is 252 g/mol. The van der Waals surface area contributed by atoms with Crippen LogP contribution >= 0.6 is 0 Å². The molecule has 0 bridgehead atoms. The highest BCUT2D eigenvalue weighted by Gasteiger charge is 2.34. The molecule has 0 aromatic rings. The third-order valence-electron chi connectivity index (χ3n) is 4.75. The first-order chi connectivity index (χ1) is 8.56. The van der Waals surface area contributed by atoms with Crippen LogP contribution in [0.1, 0.15) is 59.3 Å². The smallest absolute Gasteiger partial charge is 0.0124 e. The first-order valence-electron chi connectivity index (χ1n) is 8.01. The second kappa shape index (κ2) is 6.38. The summed E-state index contributed by atoms with van der Waals surface area (Å²) in [5.74, 6) is 1.04. The molecule has 1 saturated carbocycles. The second-order valence-electron chi connectivity index (χ2n) is 7.50. The van der Waals surface area contributed by atoms with E-state index in [9.17, 15) is 0 Å². The average molecular weight is 252 g/mol. The van der Waals surface area contributed by atoms with Gasteiger partial charge in [0.2, 0.25) is 0 Å². The van der Waals surface area contributed by atoms with Gasteiger partial charge in [0.05, 0.1) is 0 Å². The van der Waals surface area contributed by atoms with Gasteiger partial charge < -0.3 is 5.32 Å². The van der Waals surface area contributed by atoms with Crippen LogP contribution < -0.4 is 5.32 Å². The summed E-state index contributed by atoms with van der Waals surface area (Å²) in [7, 11) is 0. The van der Waals surface area contributed by atoms with Crippen LogP contribution in [-0.2, 0) is 0 Å². The lowest BCUT2D eigenvalue weighted by Crippen LogP contribution is -2.39. The summed E-state index contributed by atoms with van der Waals surface area (Å²) in [4.78, 5) is 2.76. The van der Waals surface area contributed by atoms with Gasteiger partial charge in [0.1, 0.15) is 0 Å². The first kappa shape index (κ1) is 14.3. The van der Waals surface area contributed by atoms with E-state index in [0.29, 0.717) is 5.41 Å². The van der Waals surface area contributed by atoms with Crippen molar-refractivity contribution in [2.24, 2.45) is 11.3 Å². The molecule has 0 aromatic carbocycles. The summed E-state index contributed by atoms with van der Waals surface area (Å²) in [6.45, 7) is 11.9. The molecule has 2 aliphatic rings. The molecule has 1 N–H and O–H groups in total.